The summed E-state index contributed by atoms with van der Waals surface area (Å²) in [5.74, 6) is 3.05. The van der Waals surface area contributed by atoms with Crippen LogP contribution in [0.4, 0.5) is 0 Å². The van der Waals surface area contributed by atoms with Crippen molar-refractivity contribution in [3.8, 4) is 0 Å². The van der Waals surface area contributed by atoms with E-state index >= 15 is 0 Å². The summed E-state index contributed by atoms with van der Waals surface area (Å²) in [6.07, 6.45) is 9.22. The minimum atomic E-state index is -0.212. The van der Waals surface area contributed by atoms with Gasteiger partial charge in [-0.15, -0.1) is 0 Å². The molecule has 4 rings (SSSR count). The molecule has 12 atom stereocenters. The molecule has 8 nitrogen and oxygen atoms in total. The van der Waals surface area contributed by atoms with Crippen LogP contribution >= 0.6 is 0 Å². The molecule has 0 heterocycles. The third-order valence-corrected chi connectivity index (χ3v) is 12.1. The van der Waals surface area contributed by atoms with Crippen LogP contribution in [-0.2, 0) is 38.0 Å². The van der Waals surface area contributed by atoms with E-state index in [4.69, 9.17) is 33.2 Å². The largest absolute Gasteiger partial charge is 0.466 e. The van der Waals surface area contributed by atoms with Gasteiger partial charge < -0.3 is 33.2 Å². The van der Waals surface area contributed by atoms with E-state index in [9.17, 15) is 4.79 Å². The lowest BCUT2D eigenvalue weighted by Crippen LogP contribution is -2.63. The number of carbonyl (C=O) groups is 1. The zero-order valence-electron chi connectivity index (χ0n) is 27.0. The van der Waals surface area contributed by atoms with E-state index in [0.717, 1.165) is 32.1 Å². The molecule has 0 bridgehead atoms. The van der Waals surface area contributed by atoms with Crippen LogP contribution < -0.4 is 0 Å². The van der Waals surface area contributed by atoms with Crippen molar-refractivity contribution in [3.05, 3.63) is 0 Å². The number of carbonyl (C=O) groups excluding carboxylic acids is 1. The first kappa shape index (κ1) is 33.1. The summed E-state index contributed by atoms with van der Waals surface area (Å²) in [6, 6.07) is 0. The van der Waals surface area contributed by atoms with Crippen molar-refractivity contribution >= 4 is 5.97 Å². The average molecular weight is 583 g/mol. The van der Waals surface area contributed by atoms with Gasteiger partial charge in [0.15, 0.2) is 0 Å². The van der Waals surface area contributed by atoms with E-state index < -0.39 is 0 Å². The maximum atomic E-state index is 11.5. The zero-order chi connectivity index (χ0) is 29.8. The van der Waals surface area contributed by atoms with Gasteiger partial charge >= 0.3 is 5.97 Å². The highest BCUT2D eigenvalue weighted by Crippen LogP contribution is 2.70. The second kappa shape index (κ2) is 14.3. The summed E-state index contributed by atoms with van der Waals surface area (Å²) in [7, 11) is 5.14. The van der Waals surface area contributed by atoms with Crippen LogP contribution in [0.15, 0.2) is 0 Å². The molecule has 4 saturated carbocycles. The van der Waals surface area contributed by atoms with Gasteiger partial charge in [0.25, 0.3) is 0 Å². The fourth-order valence-corrected chi connectivity index (χ4v) is 10.5. The molecule has 0 N–H and O–H groups in total. The smallest absolute Gasteiger partial charge is 0.302 e. The van der Waals surface area contributed by atoms with Gasteiger partial charge in [0, 0.05) is 28.3 Å². The Bertz CT molecular complexity index is 838. The van der Waals surface area contributed by atoms with Gasteiger partial charge in [-0.1, -0.05) is 34.1 Å². The van der Waals surface area contributed by atoms with E-state index in [1.54, 1.807) is 21.3 Å². The molecule has 0 unspecified atom stereocenters. The Balaban J connectivity index is 1.68. The third-order valence-electron chi connectivity index (χ3n) is 12.1. The topological polar surface area (TPSA) is 81.7 Å². The predicted octanol–water partition coefficient (Wildman–Crippen LogP) is 6.06. The molecule has 8 heteroatoms. The average Bonchev–Trinajstić information content (AvgIpc) is 3.25. The summed E-state index contributed by atoms with van der Waals surface area (Å²) in [4.78, 5) is 11.5. The lowest BCUT2D eigenvalue weighted by Gasteiger charge is -2.65. The summed E-state index contributed by atoms with van der Waals surface area (Å²) < 4.78 is 41.0. The van der Waals surface area contributed by atoms with Crippen molar-refractivity contribution in [2.24, 2.45) is 52.3 Å². The Hall–Kier alpha value is -0.770. The Morgan fingerprint density at radius 3 is 2.17 bits per heavy atom. The summed E-state index contributed by atoms with van der Waals surface area (Å²) in [5.41, 5.74) is 0.374. The number of ether oxygens (including phenoxy) is 7. The van der Waals surface area contributed by atoms with E-state index in [1.165, 1.54) is 26.2 Å². The van der Waals surface area contributed by atoms with Crippen LogP contribution in [0, 0.1) is 52.3 Å². The molecule has 0 radical (unpaired) electrons. The minimum absolute atomic E-state index is 0.114. The molecule has 0 saturated heterocycles. The first-order valence-electron chi connectivity index (χ1n) is 16.1. The van der Waals surface area contributed by atoms with E-state index in [2.05, 4.69) is 27.7 Å². The predicted molar refractivity (Wildman–Crippen MR) is 156 cm³/mol. The van der Waals surface area contributed by atoms with Crippen molar-refractivity contribution in [1.29, 1.82) is 0 Å². The molecule has 4 aliphatic rings. The Kier molecular flexibility index (Phi) is 11.6. The molecule has 238 valence electrons. The lowest BCUT2D eigenvalue weighted by atomic mass is 9.41. The number of rotatable bonds is 14. The van der Waals surface area contributed by atoms with Crippen LogP contribution in [-0.4, -0.2) is 72.6 Å². The highest BCUT2D eigenvalue weighted by atomic mass is 16.7. The number of fused-ring (bicyclic) bond motifs is 5. The standard InChI is InChI=1S/C33H58O8/c1-9-24-26-16-23(39-18-35-6)10-13-32(26,4)25-11-14-33(5)27(29(25)31(24)41-20-37-8)17-28(40-19-36-7)30(33)21(2)12-15-38-22(3)34/h21,23-31H,9-20H2,1-8H3/t21-,23-,24-,25+,26+,27+,28+,29-,30+,31-,32-,33+/m1/s1. The molecule has 41 heavy (non-hydrogen) atoms. The van der Waals surface area contributed by atoms with E-state index in [0.29, 0.717) is 68.4 Å². The normalized spacial score (nSPS) is 42.7. The molecule has 0 aromatic rings. The lowest BCUT2D eigenvalue weighted by molar-refractivity contribution is -0.239. The molecule has 4 aliphatic carbocycles. The van der Waals surface area contributed by atoms with Crippen molar-refractivity contribution in [2.75, 3.05) is 48.3 Å². The fourth-order valence-electron chi connectivity index (χ4n) is 10.5. The van der Waals surface area contributed by atoms with Gasteiger partial charge in [-0.05, 0) is 97.2 Å². The zero-order valence-corrected chi connectivity index (χ0v) is 27.0. The highest BCUT2D eigenvalue weighted by molar-refractivity contribution is 5.65. The summed E-state index contributed by atoms with van der Waals surface area (Å²) in [5, 5.41) is 0. The molecule has 0 spiro atoms. The Morgan fingerprint density at radius 1 is 0.854 bits per heavy atom. The van der Waals surface area contributed by atoms with Crippen LogP contribution in [0.3, 0.4) is 0 Å². The first-order valence-corrected chi connectivity index (χ1v) is 16.1. The maximum Gasteiger partial charge on any atom is 0.302 e. The van der Waals surface area contributed by atoms with Gasteiger partial charge in [0.2, 0.25) is 0 Å². The maximum absolute atomic E-state index is 11.5. The van der Waals surface area contributed by atoms with Gasteiger partial charge in [-0.25, -0.2) is 0 Å². The molecule has 0 aromatic heterocycles. The minimum Gasteiger partial charge on any atom is -0.466 e. The molecule has 0 aliphatic heterocycles. The highest BCUT2D eigenvalue weighted by Gasteiger charge is 2.67. The number of methoxy groups -OCH3 is 3. The van der Waals surface area contributed by atoms with Crippen molar-refractivity contribution in [2.45, 2.75) is 104 Å². The molecular weight excluding hydrogens is 524 g/mol. The second-order valence-electron chi connectivity index (χ2n) is 14.0. The Morgan fingerprint density at radius 2 is 1.51 bits per heavy atom. The van der Waals surface area contributed by atoms with Crippen LogP contribution in [0.2, 0.25) is 0 Å². The number of hydrogen-bond acceptors (Lipinski definition) is 8. The Labute approximate surface area is 248 Å². The van der Waals surface area contributed by atoms with Gasteiger partial charge in [0.05, 0.1) is 24.9 Å². The van der Waals surface area contributed by atoms with E-state index in [-0.39, 0.29) is 35.1 Å². The molecule has 0 aromatic carbocycles. The first-order chi connectivity index (χ1) is 19.7. The number of hydrogen-bond donors (Lipinski definition) is 0. The van der Waals surface area contributed by atoms with Crippen molar-refractivity contribution in [3.63, 3.8) is 0 Å². The van der Waals surface area contributed by atoms with Crippen LogP contribution in [0.25, 0.3) is 0 Å². The van der Waals surface area contributed by atoms with Gasteiger partial charge in [-0.3, -0.25) is 4.79 Å². The second-order valence-corrected chi connectivity index (χ2v) is 14.0. The van der Waals surface area contributed by atoms with Crippen molar-refractivity contribution < 1.29 is 38.0 Å². The quantitative estimate of drug-likeness (QED) is 0.181. The van der Waals surface area contributed by atoms with Gasteiger partial charge in [-0.2, -0.15) is 0 Å². The molecule has 0 amide bonds. The SMILES string of the molecule is CC[C@H]1[C@@H](OCOC)[C@@H]2[C@H](CC[C@]3(C)[C@@H]([C@H](C)CCOC(C)=O)[C@@H](OCOC)C[C@@H]23)[C@@]2(C)CC[C@@H](OCOC)C[C@@H]12. The summed E-state index contributed by atoms with van der Waals surface area (Å²) >= 11 is 0. The summed E-state index contributed by atoms with van der Waals surface area (Å²) in [6.45, 7) is 12.7. The van der Waals surface area contributed by atoms with Crippen molar-refractivity contribution in [1.82, 2.24) is 0 Å². The van der Waals surface area contributed by atoms with Crippen LogP contribution in [0.5, 0.6) is 0 Å². The monoisotopic (exact) mass is 582 g/mol. The number of esters is 1. The fraction of sp³-hybridized carbons (Fsp3) is 0.970. The van der Waals surface area contributed by atoms with E-state index in [1.807, 2.05) is 0 Å². The molecule has 4 fully saturated rings. The van der Waals surface area contributed by atoms with Gasteiger partial charge in [0.1, 0.15) is 20.4 Å². The molecular formula is C33H58O8. The van der Waals surface area contributed by atoms with Crippen LogP contribution in [0.1, 0.15) is 86.0 Å². The third kappa shape index (κ3) is 6.53.